The minimum absolute atomic E-state index is 0.162. The average Bonchev–Trinajstić information content (AvgIpc) is 3.53. The lowest BCUT2D eigenvalue weighted by atomic mass is 10.1. The number of ether oxygens (including phenoxy) is 3. The van der Waals surface area contributed by atoms with Crippen molar-refractivity contribution in [2.45, 2.75) is 25.9 Å². The van der Waals surface area contributed by atoms with E-state index in [1.54, 1.807) is 12.1 Å². The Kier molecular flexibility index (Phi) is 8.85. The van der Waals surface area contributed by atoms with Gasteiger partial charge in [-0.25, -0.2) is 31.9 Å². The second-order valence-electron chi connectivity index (χ2n) is 9.75. The fraction of sp³-hybridized carbons (Fsp3) is 0.310. The Morgan fingerprint density at radius 1 is 0.860 bits per heavy atom. The first-order chi connectivity index (χ1) is 20.7. The molecule has 9 nitrogen and oxygen atoms in total. The highest BCUT2D eigenvalue weighted by atomic mass is 19.2. The smallest absolute Gasteiger partial charge is 0.222 e. The van der Waals surface area contributed by atoms with Crippen molar-refractivity contribution in [3.63, 3.8) is 0 Å². The zero-order valence-corrected chi connectivity index (χ0v) is 22.8. The minimum Gasteiger partial charge on any atom is -0.493 e. The van der Waals surface area contributed by atoms with Gasteiger partial charge in [0.1, 0.15) is 18.8 Å². The molecule has 0 spiro atoms. The first-order valence-corrected chi connectivity index (χ1v) is 13.3. The Balaban J connectivity index is 1.28. The van der Waals surface area contributed by atoms with Gasteiger partial charge in [0.25, 0.3) is 0 Å². The van der Waals surface area contributed by atoms with Crippen LogP contribution in [-0.4, -0.2) is 59.8 Å². The minimum atomic E-state index is -2.33. The number of benzene rings is 2. The van der Waals surface area contributed by atoms with E-state index in [0.29, 0.717) is 29.0 Å². The second-order valence-corrected chi connectivity index (χ2v) is 9.75. The van der Waals surface area contributed by atoms with Crippen LogP contribution in [0.2, 0.25) is 0 Å². The standard InChI is InChI=1S/C29H25F5N4O5/c1-41-22-9-15-17(11-23(22)42-8-4-7-38-5-2-3-6-38)35-14-36-29(15)37-18-10-20(40)21(12-19(18)39)43-13-16-24(30)26(32)28(34)27(33)25(16)31/h9-12,14H,2-8,13H2,1H3,(H,35,36,37). The molecule has 0 atom stereocenters. The first-order valence-electron chi connectivity index (χ1n) is 13.3. The number of anilines is 1. The number of hydrogen-bond acceptors (Lipinski definition) is 9. The number of halogens is 5. The lowest BCUT2D eigenvalue weighted by Crippen LogP contribution is -2.22. The van der Waals surface area contributed by atoms with E-state index >= 15 is 0 Å². The topological polar surface area (TPSA) is 103 Å². The Labute approximate surface area is 241 Å². The van der Waals surface area contributed by atoms with Crippen molar-refractivity contribution in [2.24, 2.45) is 0 Å². The quantitative estimate of drug-likeness (QED) is 0.109. The summed E-state index contributed by atoms with van der Waals surface area (Å²) in [5.74, 6) is -12.1. The highest BCUT2D eigenvalue weighted by Gasteiger charge is 2.28. The molecular formula is C29H25F5N4O5. The maximum atomic E-state index is 14.0. The summed E-state index contributed by atoms with van der Waals surface area (Å²) in [6, 6.07) is 3.29. The molecule has 0 radical (unpaired) electrons. The lowest BCUT2D eigenvalue weighted by Gasteiger charge is -2.17. The third-order valence-electron chi connectivity index (χ3n) is 6.97. The molecule has 5 rings (SSSR count). The van der Waals surface area contributed by atoms with E-state index < -0.39 is 58.6 Å². The van der Waals surface area contributed by atoms with Crippen LogP contribution in [0.25, 0.3) is 10.9 Å². The molecule has 1 aliphatic heterocycles. The molecule has 1 aromatic heterocycles. The zero-order chi connectivity index (χ0) is 30.7. The van der Waals surface area contributed by atoms with Crippen LogP contribution in [-0.2, 0) is 20.9 Å². The monoisotopic (exact) mass is 604 g/mol. The fourth-order valence-electron chi connectivity index (χ4n) is 4.72. The number of rotatable bonds is 11. The van der Waals surface area contributed by atoms with Crippen molar-refractivity contribution < 1.29 is 45.8 Å². The Morgan fingerprint density at radius 3 is 2.26 bits per heavy atom. The molecule has 0 saturated carbocycles. The normalized spacial score (nSPS) is 15.5. The molecule has 2 aromatic carbocycles. The largest absolute Gasteiger partial charge is 0.493 e. The van der Waals surface area contributed by atoms with E-state index in [1.165, 1.54) is 26.3 Å². The molecule has 43 heavy (non-hydrogen) atoms. The third-order valence-corrected chi connectivity index (χ3v) is 6.97. The molecule has 226 valence electrons. The highest BCUT2D eigenvalue weighted by Crippen LogP contribution is 2.35. The van der Waals surface area contributed by atoms with Gasteiger partial charge in [0, 0.05) is 30.1 Å². The summed E-state index contributed by atoms with van der Waals surface area (Å²) in [6.07, 6.45) is 6.10. The second kappa shape index (κ2) is 12.7. The van der Waals surface area contributed by atoms with Crippen molar-refractivity contribution in [1.29, 1.82) is 0 Å². The van der Waals surface area contributed by atoms with Gasteiger partial charge in [-0.15, -0.1) is 0 Å². The van der Waals surface area contributed by atoms with E-state index in [1.807, 2.05) is 0 Å². The Hall–Kier alpha value is -4.59. The van der Waals surface area contributed by atoms with Crippen molar-refractivity contribution >= 4 is 28.3 Å². The number of ketones is 2. The predicted octanol–water partition coefficient (Wildman–Crippen LogP) is 4.75. The van der Waals surface area contributed by atoms with E-state index in [-0.39, 0.29) is 11.5 Å². The van der Waals surface area contributed by atoms with Crippen molar-refractivity contribution in [2.75, 3.05) is 38.7 Å². The molecule has 0 amide bonds. The van der Waals surface area contributed by atoms with Gasteiger partial charge in [-0.3, -0.25) is 9.59 Å². The molecule has 0 bridgehead atoms. The summed E-state index contributed by atoms with van der Waals surface area (Å²) in [4.78, 5) is 36.2. The number of nitrogens with zero attached hydrogens (tertiary/aromatic N) is 3. The van der Waals surface area contributed by atoms with Gasteiger partial charge < -0.3 is 24.4 Å². The average molecular weight is 605 g/mol. The zero-order valence-electron chi connectivity index (χ0n) is 22.8. The van der Waals surface area contributed by atoms with Crippen LogP contribution in [0.15, 0.2) is 42.1 Å². The summed E-state index contributed by atoms with van der Waals surface area (Å²) >= 11 is 0. The number of likely N-dealkylation sites (tertiary alicyclic amines) is 1. The maximum Gasteiger partial charge on any atom is 0.222 e. The summed E-state index contributed by atoms with van der Waals surface area (Å²) in [5.41, 5.74) is -1.04. The first kappa shape index (κ1) is 29.9. The van der Waals surface area contributed by atoms with Crippen LogP contribution in [0, 0.1) is 29.1 Å². The number of hydrogen-bond donors (Lipinski definition) is 1. The number of carbonyl (C=O) groups excluding carboxylic acids is 2. The van der Waals surface area contributed by atoms with Gasteiger partial charge in [-0.05, 0) is 38.4 Å². The SMILES string of the molecule is COc1cc2c(NC3=CC(=O)C(OCc4c(F)c(F)c(F)c(F)c4F)=CC3=O)ncnc2cc1OCCCN1CCCC1. The number of allylic oxidation sites excluding steroid dienone is 2. The predicted molar refractivity (Wildman–Crippen MR) is 143 cm³/mol. The molecule has 1 saturated heterocycles. The number of nitrogens with one attached hydrogen (secondary N) is 1. The summed E-state index contributed by atoms with van der Waals surface area (Å²) in [7, 11) is 1.47. The molecular weight excluding hydrogens is 579 g/mol. The van der Waals surface area contributed by atoms with Crippen LogP contribution in [0.1, 0.15) is 24.8 Å². The van der Waals surface area contributed by atoms with Gasteiger partial charge in [0.05, 0.1) is 30.5 Å². The third kappa shape index (κ3) is 6.28. The Bertz CT molecular complexity index is 1630. The van der Waals surface area contributed by atoms with E-state index in [2.05, 4.69) is 20.2 Å². The molecule has 1 fully saturated rings. The van der Waals surface area contributed by atoms with E-state index in [4.69, 9.17) is 14.2 Å². The number of carbonyl (C=O) groups is 2. The van der Waals surface area contributed by atoms with Crippen LogP contribution in [0.4, 0.5) is 27.8 Å². The molecule has 2 heterocycles. The van der Waals surface area contributed by atoms with Crippen molar-refractivity contribution in [1.82, 2.24) is 14.9 Å². The Morgan fingerprint density at radius 2 is 1.56 bits per heavy atom. The summed E-state index contributed by atoms with van der Waals surface area (Å²) in [5, 5.41) is 3.22. The fourth-order valence-corrected chi connectivity index (χ4v) is 4.72. The lowest BCUT2D eigenvalue weighted by molar-refractivity contribution is -0.117. The molecule has 2 aliphatic rings. The molecule has 1 N–H and O–H groups in total. The molecule has 3 aromatic rings. The molecule has 1 aliphatic carbocycles. The van der Waals surface area contributed by atoms with Crippen molar-refractivity contribution in [3.05, 3.63) is 76.7 Å². The van der Waals surface area contributed by atoms with E-state index in [9.17, 15) is 31.5 Å². The van der Waals surface area contributed by atoms with Gasteiger partial charge in [-0.1, -0.05) is 0 Å². The van der Waals surface area contributed by atoms with Crippen LogP contribution < -0.4 is 14.8 Å². The number of aromatic nitrogens is 2. The van der Waals surface area contributed by atoms with Gasteiger partial charge in [0.15, 0.2) is 40.5 Å². The van der Waals surface area contributed by atoms with Crippen LogP contribution in [0.5, 0.6) is 11.5 Å². The molecule has 14 heteroatoms. The number of methoxy groups -OCH3 is 1. The van der Waals surface area contributed by atoms with Crippen LogP contribution >= 0.6 is 0 Å². The van der Waals surface area contributed by atoms with Crippen molar-refractivity contribution in [3.8, 4) is 11.5 Å². The highest BCUT2D eigenvalue weighted by molar-refractivity contribution is 6.20. The maximum absolute atomic E-state index is 14.0. The van der Waals surface area contributed by atoms with Gasteiger partial charge in [0.2, 0.25) is 17.4 Å². The number of fused-ring (bicyclic) bond motifs is 1. The molecule has 0 unspecified atom stereocenters. The van der Waals surface area contributed by atoms with E-state index in [0.717, 1.165) is 38.2 Å². The van der Waals surface area contributed by atoms with Gasteiger partial charge in [-0.2, -0.15) is 0 Å². The summed E-state index contributed by atoms with van der Waals surface area (Å²) in [6.45, 7) is 2.41. The van der Waals surface area contributed by atoms with Crippen LogP contribution in [0.3, 0.4) is 0 Å². The van der Waals surface area contributed by atoms with Gasteiger partial charge >= 0.3 is 0 Å². The summed E-state index contributed by atoms with van der Waals surface area (Å²) < 4.78 is 84.5.